The lowest BCUT2D eigenvalue weighted by atomic mass is 10.9. The Kier molecular flexibility index (Phi) is 5.07. The van der Waals surface area contributed by atoms with E-state index in [1.807, 2.05) is 5.43 Å². The first-order chi connectivity index (χ1) is 5.66. The molecule has 0 aromatic carbocycles. The first-order valence-corrected chi connectivity index (χ1v) is 3.17. The number of carbonyl (C=O) groups excluding carboxylic acids is 2. The van der Waals surface area contributed by atoms with Crippen molar-refractivity contribution in [2.75, 3.05) is 6.61 Å². The van der Waals surface area contributed by atoms with Crippen LogP contribution in [0.3, 0.4) is 0 Å². The molecule has 7 nitrogen and oxygen atoms in total. The fourth-order valence-electron chi connectivity index (χ4n) is 0.354. The number of hydrazone groups is 1. The highest BCUT2D eigenvalue weighted by Gasteiger charge is 1.94. The van der Waals surface area contributed by atoms with Crippen LogP contribution in [-0.4, -0.2) is 25.1 Å². The van der Waals surface area contributed by atoms with Crippen molar-refractivity contribution in [2.45, 2.75) is 6.92 Å². The van der Waals surface area contributed by atoms with Crippen molar-refractivity contribution < 1.29 is 14.3 Å². The van der Waals surface area contributed by atoms with Gasteiger partial charge in [-0.05, 0) is 6.92 Å². The molecule has 0 unspecified atom stereocenters. The average molecular weight is 174 g/mol. The van der Waals surface area contributed by atoms with E-state index < -0.39 is 12.1 Å². The predicted octanol–water partition coefficient (Wildman–Crippen LogP) is -0.656. The lowest BCUT2D eigenvalue weighted by Crippen LogP contribution is -2.28. The summed E-state index contributed by atoms with van der Waals surface area (Å²) in [6.07, 6.45) is 0.315. The maximum Gasteiger partial charge on any atom is 0.412 e. The number of primary amides is 1. The number of urea groups is 1. The van der Waals surface area contributed by atoms with Crippen molar-refractivity contribution in [3.8, 4) is 0 Å². The van der Waals surface area contributed by atoms with Gasteiger partial charge < -0.3 is 10.5 Å². The monoisotopic (exact) mass is 174 g/mol. The van der Waals surface area contributed by atoms with Crippen LogP contribution < -0.4 is 16.5 Å². The van der Waals surface area contributed by atoms with Gasteiger partial charge in [-0.3, -0.25) is 5.32 Å². The van der Waals surface area contributed by atoms with E-state index in [-0.39, 0.29) is 6.61 Å². The Bertz CT molecular complexity index is 191. The summed E-state index contributed by atoms with van der Waals surface area (Å²) >= 11 is 0. The van der Waals surface area contributed by atoms with Gasteiger partial charge >= 0.3 is 12.1 Å². The SMILES string of the molecule is CCOC(=O)N/C=N/NC(N)=O. The molecular weight excluding hydrogens is 164 g/mol. The molecule has 0 aliphatic carbocycles. The first kappa shape index (κ1) is 10.2. The predicted molar refractivity (Wildman–Crippen MR) is 41.4 cm³/mol. The molecule has 0 aliphatic rings. The van der Waals surface area contributed by atoms with Crippen LogP contribution in [0.25, 0.3) is 0 Å². The summed E-state index contributed by atoms with van der Waals surface area (Å²) in [6.45, 7) is 1.93. The number of hydrogen-bond donors (Lipinski definition) is 3. The van der Waals surface area contributed by atoms with Crippen LogP contribution in [0.2, 0.25) is 0 Å². The molecule has 0 fully saturated rings. The van der Waals surface area contributed by atoms with Gasteiger partial charge in [-0.15, -0.1) is 0 Å². The fourth-order valence-corrected chi connectivity index (χ4v) is 0.354. The zero-order valence-corrected chi connectivity index (χ0v) is 6.53. The third kappa shape index (κ3) is 6.33. The Hall–Kier alpha value is -1.79. The Balaban J connectivity index is 3.46. The van der Waals surface area contributed by atoms with E-state index in [2.05, 4.69) is 20.9 Å². The second kappa shape index (κ2) is 5.96. The molecule has 0 radical (unpaired) electrons. The van der Waals surface area contributed by atoms with Gasteiger partial charge in [-0.25, -0.2) is 15.0 Å². The summed E-state index contributed by atoms with van der Waals surface area (Å²) in [5.41, 5.74) is 6.54. The van der Waals surface area contributed by atoms with E-state index in [0.29, 0.717) is 0 Å². The van der Waals surface area contributed by atoms with Crippen molar-refractivity contribution in [2.24, 2.45) is 10.8 Å². The van der Waals surface area contributed by atoms with Gasteiger partial charge in [0.05, 0.1) is 6.61 Å². The summed E-state index contributed by atoms with van der Waals surface area (Å²) in [7, 11) is 0. The highest BCUT2D eigenvalue weighted by molar-refractivity contribution is 5.82. The third-order valence-electron chi connectivity index (χ3n) is 0.697. The number of hydrogen-bond acceptors (Lipinski definition) is 4. The topological polar surface area (TPSA) is 106 Å². The highest BCUT2D eigenvalue weighted by atomic mass is 16.5. The molecule has 3 amide bonds. The van der Waals surface area contributed by atoms with Crippen LogP contribution in [0.1, 0.15) is 6.92 Å². The molecule has 0 aromatic heterocycles. The molecule has 0 atom stereocenters. The zero-order chi connectivity index (χ0) is 9.40. The van der Waals surface area contributed by atoms with Crippen molar-refractivity contribution in [1.29, 1.82) is 0 Å². The van der Waals surface area contributed by atoms with Gasteiger partial charge in [-0.2, -0.15) is 5.10 Å². The van der Waals surface area contributed by atoms with Gasteiger partial charge in [-0.1, -0.05) is 0 Å². The zero-order valence-electron chi connectivity index (χ0n) is 6.53. The Morgan fingerprint density at radius 3 is 2.83 bits per heavy atom. The van der Waals surface area contributed by atoms with Crippen molar-refractivity contribution in [1.82, 2.24) is 10.7 Å². The van der Waals surface area contributed by atoms with Crippen LogP contribution in [0.4, 0.5) is 9.59 Å². The molecule has 0 saturated heterocycles. The summed E-state index contributed by atoms with van der Waals surface area (Å²) < 4.78 is 4.46. The molecule has 0 saturated carbocycles. The second-order valence-corrected chi connectivity index (χ2v) is 1.60. The molecule has 68 valence electrons. The molecule has 0 heterocycles. The molecule has 0 spiro atoms. The Morgan fingerprint density at radius 1 is 1.67 bits per heavy atom. The lowest BCUT2D eigenvalue weighted by Gasteiger charge is -1.98. The van der Waals surface area contributed by atoms with Crippen LogP contribution in [-0.2, 0) is 4.74 Å². The van der Waals surface area contributed by atoms with Gasteiger partial charge in [0.1, 0.15) is 6.34 Å². The average Bonchev–Trinajstić information content (AvgIpc) is 1.98. The third-order valence-corrected chi connectivity index (χ3v) is 0.697. The molecule has 12 heavy (non-hydrogen) atoms. The van der Waals surface area contributed by atoms with E-state index in [9.17, 15) is 9.59 Å². The summed E-state index contributed by atoms with van der Waals surface area (Å²) in [5, 5.41) is 5.35. The molecule has 0 aliphatic heterocycles. The molecule has 0 rings (SSSR count). The maximum absolute atomic E-state index is 10.5. The largest absolute Gasteiger partial charge is 0.450 e. The van der Waals surface area contributed by atoms with Crippen LogP contribution in [0, 0.1) is 0 Å². The standard InChI is InChI=1S/C5H10N4O3/c1-2-12-5(11)7-3-8-9-4(6)10/h3H,2H2,1H3,(H3,6,9,10)(H,7,8,11). The van der Waals surface area contributed by atoms with Crippen LogP contribution in [0.5, 0.6) is 0 Å². The fraction of sp³-hybridized carbons (Fsp3) is 0.400. The number of carbonyl (C=O) groups is 2. The number of amides is 3. The quantitative estimate of drug-likeness (QED) is 0.300. The van der Waals surface area contributed by atoms with Crippen molar-refractivity contribution in [3.05, 3.63) is 0 Å². The maximum atomic E-state index is 10.5. The summed E-state index contributed by atoms with van der Waals surface area (Å²) in [4.78, 5) is 20.5. The number of alkyl carbamates (subject to hydrolysis) is 1. The minimum absolute atomic E-state index is 0.267. The molecule has 0 aromatic rings. The molecule has 0 bridgehead atoms. The van der Waals surface area contributed by atoms with Crippen LogP contribution in [0.15, 0.2) is 5.10 Å². The van der Waals surface area contributed by atoms with Crippen molar-refractivity contribution in [3.63, 3.8) is 0 Å². The summed E-state index contributed by atoms with van der Waals surface area (Å²) in [5.74, 6) is 0. The lowest BCUT2D eigenvalue weighted by molar-refractivity contribution is 0.158. The van der Waals surface area contributed by atoms with Crippen LogP contribution >= 0.6 is 0 Å². The normalized spacial score (nSPS) is 9.42. The van der Waals surface area contributed by atoms with Gasteiger partial charge in [0.15, 0.2) is 0 Å². The molecule has 7 heteroatoms. The first-order valence-electron chi connectivity index (χ1n) is 3.17. The minimum atomic E-state index is -0.808. The van der Waals surface area contributed by atoms with E-state index in [1.54, 1.807) is 6.92 Å². The Labute approximate surface area is 68.9 Å². The van der Waals surface area contributed by atoms with Crippen molar-refractivity contribution >= 4 is 18.5 Å². The number of nitrogens with zero attached hydrogens (tertiary/aromatic N) is 1. The van der Waals surface area contributed by atoms with E-state index in [0.717, 1.165) is 6.34 Å². The number of ether oxygens (including phenoxy) is 1. The smallest absolute Gasteiger partial charge is 0.412 e. The molecular formula is C5H10N4O3. The number of nitrogens with two attached hydrogens (primary N) is 1. The van der Waals surface area contributed by atoms with Gasteiger partial charge in [0, 0.05) is 0 Å². The van der Waals surface area contributed by atoms with E-state index >= 15 is 0 Å². The second-order valence-electron chi connectivity index (χ2n) is 1.60. The summed E-state index contributed by atoms with van der Waals surface area (Å²) in [6, 6.07) is -0.808. The highest BCUT2D eigenvalue weighted by Crippen LogP contribution is 1.72. The Morgan fingerprint density at radius 2 is 2.33 bits per heavy atom. The minimum Gasteiger partial charge on any atom is -0.450 e. The number of nitrogens with one attached hydrogen (secondary N) is 2. The van der Waals surface area contributed by atoms with E-state index in [1.165, 1.54) is 0 Å². The van der Waals surface area contributed by atoms with Gasteiger partial charge in [0.2, 0.25) is 0 Å². The van der Waals surface area contributed by atoms with Gasteiger partial charge in [0.25, 0.3) is 0 Å². The molecule has 4 N–H and O–H groups in total. The van der Waals surface area contributed by atoms with E-state index in [4.69, 9.17) is 0 Å². The number of rotatable bonds is 3.